The van der Waals surface area contributed by atoms with Crippen LogP contribution in [-0.2, 0) is 4.74 Å². The van der Waals surface area contributed by atoms with Crippen molar-refractivity contribution < 1.29 is 9.84 Å². The smallest absolute Gasteiger partial charge is 0.0854 e. The lowest BCUT2D eigenvalue weighted by Gasteiger charge is -2.24. The fourth-order valence-electron chi connectivity index (χ4n) is 2.50. The van der Waals surface area contributed by atoms with Crippen molar-refractivity contribution in [1.29, 1.82) is 0 Å². The Morgan fingerprint density at radius 1 is 1.33 bits per heavy atom. The third kappa shape index (κ3) is 1.96. The Labute approximate surface area is 94.9 Å². The summed E-state index contributed by atoms with van der Waals surface area (Å²) in [5.41, 5.74) is 1.03. The Kier molecular flexibility index (Phi) is 3.14. The maximum atomic E-state index is 10.3. The van der Waals surface area contributed by atoms with Crippen molar-refractivity contribution >= 4 is 11.3 Å². The molecule has 0 aromatic carbocycles. The van der Waals surface area contributed by atoms with Crippen LogP contribution in [0.15, 0.2) is 16.8 Å². The second-order valence-electron chi connectivity index (χ2n) is 4.48. The number of aliphatic hydroxyl groups is 1. The molecule has 1 aliphatic heterocycles. The molecule has 0 aliphatic carbocycles. The first-order valence-electron chi connectivity index (χ1n) is 5.47. The zero-order chi connectivity index (χ0) is 11.0. The van der Waals surface area contributed by atoms with E-state index < -0.39 is 0 Å². The minimum Gasteiger partial charge on any atom is -0.388 e. The zero-order valence-corrected chi connectivity index (χ0v) is 10.2. The van der Waals surface area contributed by atoms with E-state index in [1.807, 2.05) is 16.8 Å². The number of rotatable bonds is 2. The normalized spacial score (nSPS) is 38.1. The van der Waals surface area contributed by atoms with E-state index >= 15 is 0 Å². The first kappa shape index (κ1) is 11.1. The molecule has 1 aromatic heterocycles. The third-order valence-corrected chi connectivity index (χ3v) is 4.27. The van der Waals surface area contributed by atoms with Crippen LogP contribution in [0.25, 0.3) is 0 Å². The van der Waals surface area contributed by atoms with Crippen molar-refractivity contribution in [2.75, 3.05) is 0 Å². The molecule has 0 saturated carbocycles. The largest absolute Gasteiger partial charge is 0.388 e. The van der Waals surface area contributed by atoms with Crippen LogP contribution in [0.4, 0.5) is 0 Å². The summed E-state index contributed by atoms with van der Waals surface area (Å²) in [6, 6.07) is 2.00. The van der Waals surface area contributed by atoms with Crippen LogP contribution in [0.5, 0.6) is 0 Å². The number of hydrogen-bond acceptors (Lipinski definition) is 3. The number of aliphatic hydroxyl groups excluding tert-OH is 1. The van der Waals surface area contributed by atoms with E-state index in [0.29, 0.717) is 5.92 Å². The van der Waals surface area contributed by atoms with Gasteiger partial charge in [0.1, 0.15) is 0 Å². The third-order valence-electron chi connectivity index (χ3n) is 3.57. The molecule has 0 bridgehead atoms. The lowest BCUT2D eigenvalue weighted by atomic mass is 9.83. The van der Waals surface area contributed by atoms with E-state index in [4.69, 9.17) is 4.74 Å². The first-order chi connectivity index (χ1) is 7.11. The van der Waals surface area contributed by atoms with E-state index in [-0.39, 0.29) is 24.2 Å². The average molecular weight is 226 g/mol. The van der Waals surface area contributed by atoms with Gasteiger partial charge in [0.05, 0.1) is 18.3 Å². The highest BCUT2D eigenvalue weighted by molar-refractivity contribution is 7.07. The van der Waals surface area contributed by atoms with Gasteiger partial charge in [0.2, 0.25) is 0 Å². The van der Waals surface area contributed by atoms with Crippen LogP contribution in [0.3, 0.4) is 0 Å². The molecule has 1 aliphatic rings. The van der Waals surface area contributed by atoms with Gasteiger partial charge < -0.3 is 9.84 Å². The Hall–Kier alpha value is -0.380. The fraction of sp³-hybridized carbons (Fsp3) is 0.667. The van der Waals surface area contributed by atoms with Gasteiger partial charge in [-0.1, -0.05) is 6.92 Å². The van der Waals surface area contributed by atoms with Gasteiger partial charge in [-0.15, -0.1) is 0 Å². The van der Waals surface area contributed by atoms with Gasteiger partial charge in [0.25, 0.3) is 0 Å². The van der Waals surface area contributed by atoms with E-state index in [9.17, 15) is 5.11 Å². The summed E-state index contributed by atoms with van der Waals surface area (Å²) in [6.07, 6.45) is 0.00869. The molecular formula is C12H18O2S. The molecule has 3 heteroatoms. The van der Waals surface area contributed by atoms with E-state index in [1.54, 1.807) is 11.3 Å². The maximum Gasteiger partial charge on any atom is 0.0854 e. The Morgan fingerprint density at radius 3 is 2.53 bits per heavy atom. The molecule has 5 atom stereocenters. The molecule has 2 nitrogen and oxygen atoms in total. The highest BCUT2D eigenvalue weighted by atomic mass is 32.1. The Morgan fingerprint density at radius 2 is 2.07 bits per heavy atom. The van der Waals surface area contributed by atoms with Crippen molar-refractivity contribution in [3.05, 3.63) is 22.4 Å². The maximum absolute atomic E-state index is 10.3. The van der Waals surface area contributed by atoms with Gasteiger partial charge in [-0.05, 0) is 42.2 Å². The van der Waals surface area contributed by atoms with Crippen molar-refractivity contribution in [3.63, 3.8) is 0 Å². The Balaban J connectivity index is 2.16. The Bertz CT molecular complexity index is 309. The van der Waals surface area contributed by atoms with Gasteiger partial charge in [0, 0.05) is 5.92 Å². The van der Waals surface area contributed by atoms with E-state index in [0.717, 1.165) is 5.56 Å². The predicted octanol–water partition coefficient (Wildman–Crippen LogP) is 2.84. The molecule has 84 valence electrons. The summed E-state index contributed by atoms with van der Waals surface area (Å²) in [5.74, 6) is 0.629. The van der Waals surface area contributed by atoms with Gasteiger partial charge in [-0.2, -0.15) is 11.3 Å². The van der Waals surface area contributed by atoms with Crippen LogP contribution in [-0.4, -0.2) is 17.3 Å². The minimum absolute atomic E-state index is 0.143. The summed E-state index contributed by atoms with van der Waals surface area (Å²) >= 11 is 1.63. The van der Waals surface area contributed by atoms with E-state index in [1.165, 1.54) is 0 Å². The first-order valence-corrected chi connectivity index (χ1v) is 6.41. The van der Waals surface area contributed by atoms with Crippen LogP contribution in [0.1, 0.15) is 32.4 Å². The molecule has 0 radical (unpaired) electrons. The summed E-state index contributed by atoms with van der Waals surface area (Å²) in [7, 11) is 0. The molecule has 0 spiro atoms. The van der Waals surface area contributed by atoms with Gasteiger partial charge in [-0.25, -0.2) is 0 Å². The molecule has 2 heterocycles. The summed E-state index contributed by atoms with van der Waals surface area (Å²) in [4.78, 5) is 0. The lowest BCUT2D eigenvalue weighted by molar-refractivity contribution is 0.0232. The molecule has 15 heavy (non-hydrogen) atoms. The second kappa shape index (κ2) is 4.24. The molecular weight excluding hydrogens is 208 g/mol. The number of ether oxygens (including phenoxy) is 1. The molecule has 0 amide bonds. The highest BCUT2D eigenvalue weighted by Gasteiger charge is 2.41. The predicted molar refractivity (Wildman–Crippen MR) is 61.9 cm³/mol. The van der Waals surface area contributed by atoms with Crippen LogP contribution < -0.4 is 0 Å². The average Bonchev–Trinajstić information content (AvgIpc) is 2.76. The van der Waals surface area contributed by atoms with Crippen molar-refractivity contribution in [2.24, 2.45) is 11.8 Å². The van der Waals surface area contributed by atoms with Crippen molar-refractivity contribution in [2.45, 2.75) is 39.1 Å². The van der Waals surface area contributed by atoms with Crippen molar-refractivity contribution in [3.8, 4) is 0 Å². The second-order valence-corrected chi connectivity index (χ2v) is 5.26. The SMILES string of the molecule is CC1OC(C)C(C(O)c2ccsc2)C1C. The number of thiophene rings is 1. The van der Waals surface area contributed by atoms with Gasteiger partial charge in [-0.3, -0.25) is 0 Å². The molecule has 1 saturated heterocycles. The summed E-state index contributed by atoms with van der Waals surface area (Å²) < 4.78 is 5.75. The lowest BCUT2D eigenvalue weighted by Crippen LogP contribution is -2.24. The molecule has 1 N–H and O–H groups in total. The van der Waals surface area contributed by atoms with E-state index in [2.05, 4.69) is 20.8 Å². The standard InChI is InChI=1S/C12H18O2S/c1-7-8(2)14-9(3)11(7)12(13)10-4-5-15-6-10/h4-9,11-13H,1-3H3. The topological polar surface area (TPSA) is 29.5 Å². The highest BCUT2D eigenvalue weighted by Crippen LogP contribution is 2.40. The fourth-order valence-corrected chi connectivity index (χ4v) is 3.19. The molecule has 5 unspecified atom stereocenters. The molecule has 2 rings (SSSR count). The summed E-state index contributed by atoms with van der Waals surface area (Å²) in [5, 5.41) is 14.3. The molecule has 1 aromatic rings. The quantitative estimate of drug-likeness (QED) is 0.840. The zero-order valence-electron chi connectivity index (χ0n) is 9.38. The molecule has 1 fully saturated rings. The van der Waals surface area contributed by atoms with Crippen molar-refractivity contribution in [1.82, 2.24) is 0 Å². The van der Waals surface area contributed by atoms with Crippen LogP contribution in [0, 0.1) is 11.8 Å². The van der Waals surface area contributed by atoms with Gasteiger partial charge in [0.15, 0.2) is 0 Å². The minimum atomic E-state index is -0.383. The van der Waals surface area contributed by atoms with Gasteiger partial charge >= 0.3 is 0 Å². The van der Waals surface area contributed by atoms with Crippen LogP contribution >= 0.6 is 11.3 Å². The van der Waals surface area contributed by atoms with Crippen LogP contribution in [0.2, 0.25) is 0 Å². The number of hydrogen-bond donors (Lipinski definition) is 1. The monoisotopic (exact) mass is 226 g/mol. The summed E-state index contributed by atoms with van der Waals surface area (Å²) in [6.45, 7) is 6.30.